The van der Waals surface area contributed by atoms with Gasteiger partial charge in [-0.1, -0.05) is 0 Å². The zero-order valence-corrected chi connectivity index (χ0v) is 10.9. The van der Waals surface area contributed by atoms with Crippen LogP contribution in [0, 0.1) is 0 Å². The van der Waals surface area contributed by atoms with Crippen molar-refractivity contribution < 1.29 is 9.53 Å². The number of carbonyl (C=O) groups is 1. The summed E-state index contributed by atoms with van der Waals surface area (Å²) in [5.41, 5.74) is 1.68. The number of H-pyrrole nitrogens is 1. The topological polar surface area (TPSA) is 83.1 Å². The molecule has 1 amide bonds. The lowest BCUT2D eigenvalue weighted by Crippen LogP contribution is -2.36. The molecule has 1 aliphatic rings. The molecule has 0 unspecified atom stereocenters. The van der Waals surface area contributed by atoms with E-state index in [9.17, 15) is 4.79 Å². The van der Waals surface area contributed by atoms with Gasteiger partial charge in [-0.05, 0) is 24.3 Å². The third-order valence-corrected chi connectivity index (χ3v) is 3.15. The number of aromatic amines is 1. The first-order chi connectivity index (χ1) is 9.83. The molecule has 1 aromatic carbocycles. The van der Waals surface area contributed by atoms with Gasteiger partial charge in [0.1, 0.15) is 6.33 Å². The standard InChI is InChI=1S/C13H15N5O2/c19-12(16-13-14-9-15-17-13)10-1-3-11(4-2-10)18-5-7-20-8-6-18/h1-4,9H,5-8H2,(H2,14,15,16,17,19). The van der Waals surface area contributed by atoms with Crippen LogP contribution in [-0.4, -0.2) is 47.4 Å². The number of ether oxygens (including phenoxy) is 1. The van der Waals surface area contributed by atoms with Crippen LogP contribution < -0.4 is 10.2 Å². The molecule has 0 bridgehead atoms. The van der Waals surface area contributed by atoms with Crippen LogP contribution in [0.4, 0.5) is 11.6 Å². The molecule has 2 aromatic rings. The predicted octanol–water partition coefficient (Wildman–Crippen LogP) is 0.894. The van der Waals surface area contributed by atoms with Gasteiger partial charge in [-0.2, -0.15) is 10.1 Å². The largest absolute Gasteiger partial charge is 0.378 e. The van der Waals surface area contributed by atoms with E-state index < -0.39 is 0 Å². The molecule has 0 aliphatic carbocycles. The normalized spacial score (nSPS) is 15.1. The highest BCUT2D eigenvalue weighted by atomic mass is 16.5. The molecule has 3 rings (SSSR count). The van der Waals surface area contributed by atoms with Crippen molar-refractivity contribution in [3.8, 4) is 0 Å². The first-order valence-corrected chi connectivity index (χ1v) is 6.42. The van der Waals surface area contributed by atoms with Crippen molar-refractivity contribution in [2.45, 2.75) is 0 Å². The Morgan fingerprint density at radius 3 is 2.65 bits per heavy atom. The van der Waals surface area contributed by atoms with E-state index in [2.05, 4.69) is 25.4 Å². The fourth-order valence-electron chi connectivity index (χ4n) is 2.09. The van der Waals surface area contributed by atoms with Crippen molar-refractivity contribution in [3.63, 3.8) is 0 Å². The fourth-order valence-corrected chi connectivity index (χ4v) is 2.09. The highest BCUT2D eigenvalue weighted by Gasteiger charge is 2.12. The van der Waals surface area contributed by atoms with Gasteiger partial charge in [0.2, 0.25) is 5.95 Å². The fraction of sp³-hybridized carbons (Fsp3) is 0.308. The van der Waals surface area contributed by atoms with Crippen LogP contribution in [0.5, 0.6) is 0 Å². The Kier molecular flexibility index (Phi) is 3.60. The Labute approximate surface area is 116 Å². The lowest BCUT2D eigenvalue weighted by atomic mass is 10.2. The summed E-state index contributed by atoms with van der Waals surface area (Å²) in [6.07, 6.45) is 1.34. The Morgan fingerprint density at radius 2 is 2.00 bits per heavy atom. The van der Waals surface area contributed by atoms with E-state index in [1.165, 1.54) is 6.33 Å². The molecule has 0 radical (unpaired) electrons. The lowest BCUT2D eigenvalue weighted by Gasteiger charge is -2.28. The van der Waals surface area contributed by atoms with Crippen molar-refractivity contribution in [3.05, 3.63) is 36.2 Å². The van der Waals surface area contributed by atoms with Crippen LogP contribution in [0.1, 0.15) is 10.4 Å². The Balaban J connectivity index is 1.67. The van der Waals surface area contributed by atoms with Crippen LogP contribution in [0.15, 0.2) is 30.6 Å². The van der Waals surface area contributed by atoms with E-state index in [0.717, 1.165) is 32.0 Å². The second-order valence-corrected chi connectivity index (χ2v) is 4.43. The highest BCUT2D eigenvalue weighted by Crippen LogP contribution is 2.17. The van der Waals surface area contributed by atoms with E-state index in [1.54, 1.807) is 12.1 Å². The molecule has 20 heavy (non-hydrogen) atoms. The number of hydrogen-bond acceptors (Lipinski definition) is 5. The van der Waals surface area contributed by atoms with Crippen molar-refractivity contribution in [1.29, 1.82) is 0 Å². The summed E-state index contributed by atoms with van der Waals surface area (Å²) in [6.45, 7) is 3.24. The number of benzene rings is 1. The lowest BCUT2D eigenvalue weighted by molar-refractivity contribution is 0.102. The predicted molar refractivity (Wildman–Crippen MR) is 73.8 cm³/mol. The summed E-state index contributed by atoms with van der Waals surface area (Å²) in [5, 5.41) is 8.90. The molecule has 1 fully saturated rings. The van der Waals surface area contributed by atoms with Crippen molar-refractivity contribution in [2.24, 2.45) is 0 Å². The minimum absolute atomic E-state index is 0.213. The number of carbonyl (C=O) groups excluding carboxylic acids is 1. The maximum absolute atomic E-state index is 12.0. The van der Waals surface area contributed by atoms with Gasteiger partial charge in [-0.3, -0.25) is 10.1 Å². The first kappa shape index (κ1) is 12.6. The molecule has 1 aliphatic heterocycles. The average molecular weight is 273 g/mol. The SMILES string of the molecule is O=C(Nc1ncn[nH]1)c1ccc(N2CCOCC2)cc1. The molecule has 2 N–H and O–H groups in total. The van der Waals surface area contributed by atoms with E-state index >= 15 is 0 Å². The summed E-state index contributed by atoms with van der Waals surface area (Å²) in [7, 11) is 0. The monoisotopic (exact) mass is 273 g/mol. The van der Waals surface area contributed by atoms with Crippen molar-refractivity contribution in [1.82, 2.24) is 15.2 Å². The van der Waals surface area contributed by atoms with E-state index in [4.69, 9.17) is 4.74 Å². The van der Waals surface area contributed by atoms with Crippen LogP contribution in [-0.2, 0) is 4.74 Å². The molecular weight excluding hydrogens is 258 g/mol. The maximum atomic E-state index is 12.0. The number of rotatable bonds is 3. The highest BCUT2D eigenvalue weighted by molar-refractivity contribution is 6.03. The molecule has 7 heteroatoms. The van der Waals surface area contributed by atoms with E-state index in [-0.39, 0.29) is 5.91 Å². The van der Waals surface area contributed by atoms with Crippen LogP contribution in [0.2, 0.25) is 0 Å². The molecule has 2 heterocycles. The third-order valence-electron chi connectivity index (χ3n) is 3.15. The molecule has 104 valence electrons. The molecule has 7 nitrogen and oxygen atoms in total. The third kappa shape index (κ3) is 2.77. The summed E-state index contributed by atoms with van der Waals surface area (Å²) in [4.78, 5) is 18.1. The molecule has 0 atom stereocenters. The van der Waals surface area contributed by atoms with Crippen molar-refractivity contribution >= 4 is 17.5 Å². The van der Waals surface area contributed by atoms with Crippen LogP contribution >= 0.6 is 0 Å². The zero-order chi connectivity index (χ0) is 13.8. The molecule has 0 saturated carbocycles. The molecule has 1 saturated heterocycles. The van der Waals surface area contributed by atoms with Crippen LogP contribution in [0.3, 0.4) is 0 Å². The van der Waals surface area contributed by atoms with Gasteiger partial charge >= 0.3 is 0 Å². The smallest absolute Gasteiger partial charge is 0.258 e. The average Bonchev–Trinajstić information content (AvgIpc) is 3.01. The van der Waals surface area contributed by atoms with Gasteiger partial charge in [0.05, 0.1) is 13.2 Å². The number of hydrogen-bond donors (Lipinski definition) is 2. The maximum Gasteiger partial charge on any atom is 0.258 e. The number of anilines is 2. The minimum Gasteiger partial charge on any atom is -0.378 e. The molecule has 1 aromatic heterocycles. The number of nitrogens with zero attached hydrogens (tertiary/aromatic N) is 3. The first-order valence-electron chi connectivity index (χ1n) is 6.42. The molecule has 0 spiro atoms. The minimum atomic E-state index is -0.213. The Bertz CT molecular complexity index is 561. The van der Waals surface area contributed by atoms with E-state index in [0.29, 0.717) is 11.5 Å². The zero-order valence-electron chi connectivity index (χ0n) is 10.9. The van der Waals surface area contributed by atoms with E-state index in [1.807, 2.05) is 12.1 Å². The van der Waals surface area contributed by atoms with Gasteiger partial charge in [-0.15, -0.1) is 0 Å². The van der Waals surface area contributed by atoms with Gasteiger partial charge in [0.25, 0.3) is 5.91 Å². The van der Waals surface area contributed by atoms with Gasteiger partial charge in [0, 0.05) is 24.3 Å². The summed E-state index contributed by atoms with van der Waals surface area (Å²) in [5.74, 6) is 0.127. The summed E-state index contributed by atoms with van der Waals surface area (Å²) in [6, 6.07) is 7.49. The Morgan fingerprint density at radius 1 is 1.25 bits per heavy atom. The second-order valence-electron chi connectivity index (χ2n) is 4.43. The quantitative estimate of drug-likeness (QED) is 0.868. The second kappa shape index (κ2) is 5.70. The summed E-state index contributed by atoms with van der Waals surface area (Å²) < 4.78 is 5.32. The van der Waals surface area contributed by atoms with Crippen LogP contribution in [0.25, 0.3) is 0 Å². The number of amides is 1. The van der Waals surface area contributed by atoms with Gasteiger partial charge < -0.3 is 9.64 Å². The van der Waals surface area contributed by atoms with Gasteiger partial charge in [0.15, 0.2) is 0 Å². The Hall–Kier alpha value is -2.41. The molecular formula is C13H15N5O2. The number of morpholine rings is 1. The summed E-state index contributed by atoms with van der Waals surface area (Å²) >= 11 is 0. The number of nitrogens with one attached hydrogen (secondary N) is 2. The van der Waals surface area contributed by atoms with Crippen molar-refractivity contribution in [2.75, 3.05) is 36.5 Å². The number of aromatic nitrogens is 3. The van der Waals surface area contributed by atoms with Gasteiger partial charge in [-0.25, -0.2) is 5.10 Å².